The van der Waals surface area contributed by atoms with E-state index in [-0.39, 0.29) is 37.6 Å². The van der Waals surface area contributed by atoms with Crippen molar-refractivity contribution in [2.45, 2.75) is 19.3 Å². The van der Waals surface area contributed by atoms with E-state index in [1.54, 1.807) is 23.1 Å². The fraction of sp³-hybridized carbons (Fsp3) is 0.160. The summed E-state index contributed by atoms with van der Waals surface area (Å²) in [4.78, 5) is 26.8. The third-order valence-corrected chi connectivity index (χ3v) is 4.51. The number of ether oxygens (including phenoxy) is 1. The summed E-state index contributed by atoms with van der Waals surface area (Å²) >= 11 is 0. The van der Waals surface area contributed by atoms with E-state index in [0.717, 1.165) is 0 Å². The highest BCUT2D eigenvalue weighted by Crippen LogP contribution is 2.29. The van der Waals surface area contributed by atoms with E-state index in [2.05, 4.69) is 11.4 Å². The van der Waals surface area contributed by atoms with Crippen molar-refractivity contribution in [1.29, 1.82) is 5.26 Å². The van der Waals surface area contributed by atoms with Gasteiger partial charge in [0.15, 0.2) is 5.75 Å². The van der Waals surface area contributed by atoms with E-state index in [1.807, 2.05) is 66.7 Å². The number of para-hydroxylation sites is 4. The Hall–Kier alpha value is -4.11. The molecule has 0 spiro atoms. The molecule has 0 atom stereocenters. The lowest BCUT2D eigenvalue weighted by atomic mass is 10.2. The van der Waals surface area contributed by atoms with Crippen LogP contribution in [0.15, 0.2) is 84.9 Å². The molecular weight excluding hydrogens is 390 g/mol. The molecule has 0 fully saturated rings. The van der Waals surface area contributed by atoms with Crippen molar-refractivity contribution in [2.75, 3.05) is 16.8 Å². The first-order valence-electron chi connectivity index (χ1n) is 10.0. The first-order chi connectivity index (χ1) is 15.2. The number of nitriles is 1. The van der Waals surface area contributed by atoms with Crippen LogP contribution in [0.5, 0.6) is 11.5 Å². The normalized spacial score (nSPS) is 10.0. The van der Waals surface area contributed by atoms with Gasteiger partial charge in [0, 0.05) is 25.1 Å². The molecule has 0 unspecified atom stereocenters. The van der Waals surface area contributed by atoms with Gasteiger partial charge in [0.1, 0.15) is 5.75 Å². The van der Waals surface area contributed by atoms with E-state index in [0.29, 0.717) is 22.9 Å². The highest BCUT2D eigenvalue weighted by molar-refractivity contribution is 5.98. The minimum absolute atomic E-state index is 0.0222. The molecule has 0 bridgehead atoms. The van der Waals surface area contributed by atoms with Gasteiger partial charge < -0.3 is 15.0 Å². The van der Waals surface area contributed by atoms with Crippen LogP contribution in [-0.4, -0.2) is 18.4 Å². The SMILES string of the molecule is N#CCCN(C(=O)CCC(=O)Nc1ccccc1Oc1ccccc1)c1ccccc1. The molecular formula is C25H23N3O3. The number of carbonyl (C=O) groups excluding carboxylic acids is 2. The summed E-state index contributed by atoms with van der Waals surface area (Å²) in [6.07, 6.45) is 0.277. The lowest BCUT2D eigenvalue weighted by Gasteiger charge is -2.21. The molecule has 0 heterocycles. The van der Waals surface area contributed by atoms with Gasteiger partial charge in [-0.3, -0.25) is 9.59 Å². The number of carbonyl (C=O) groups is 2. The minimum Gasteiger partial charge on any atom is -0.455 e. The lowest BCUT2D eigenvalue weighted by molar-refractivity contribution is -0.122. The first kappa shape index (κ1) is 21.6. The molecule has 3 rings (SSSR count). The smallest absolute Gasteiger partial charge is 0.227 e. The highest BCUT2D eigenvalue weighted by Gasteiger charge is 2.17. The number of rotatable bonds is 9. The van der Waals surface area contributed by atoms with Gasteiger partial charge in [0.05, 0.1) is 18.2 Å². The van der Waals surface area contributed by atoms with E-state index in [1.165, 1.54) is 0 Å². The first-order valence-corrected chi connectivity index (χ1v) is 10.0. The molecule has 2 amide bonds. The summed E-state index contributed by atoms with van der Waals surface area (Å²) in [6, 6.07) is 27.6. The standard InChI is InChI=1S/C25H23N3O3/c26-18-9-19-28(20-10-3-1-4-11-20)25(30)17-16-24(29)27-22-14-7-8-15-23(22)31-21-12-5-2-6-13-21/h1-8,10-15H,9,16-17,19H2,(H,27,29). The third kappa shape index (κ3) is 6.44. The van der Waals surface area contributed by atoms with Gasteiger partial charge in [-0.05, 0) is 36.4 Å². The quantitative estimate of drug-likeness (QED) is 0.526. The zero-order valence-corrected chi connectivity index (χ0v) is 17.0. The fourth-order valence-electron chi connectivity index (χ4n) is 3.01. The van der Waals surface area contributed by atoms with Crippen LogP contribution in [0, 0.1) is 11.3 Å². The van der Waals surface area contributed by atoms with Crippen LogP contribution in [0.3, 0.4) is 0 Å². The maximum atomic E-state index is 12.7. The molecule has 0 aliphatic rings. The second kappa shape index (κ2) is 11.2. The molecule has 0 radical (unpaired) electrons. The number of nitrogens with zero attached hydrogens (tertiary/aromatic N) is 2. The molecule has 6 heteroatoms. The predicted octanol–water partition coefficient (Wildman–Crippen LogP) is 5.14. The number of amides is 2. The average Bonchev–Trinajstić information content (AvgIpc) is 2.80. The largest absolute Gasteiger partial charge is 0.455 e. The Bertz CT molecular complexity index is 1050. The Morgan fingerprint density at radius 2 is 1.52 bits per heavy atom. The van der Waals surface area contributed by atoms with E-state index >= 15 is 0 Å². The zero-order valence-electron chi connectivity index (χ0n) is 17.0. The molecule has 156 valence electrons. The van der Waals surface area contributed by atoms with Gasteiger partial charge >= 0.3 is 0 Å². The molecule has 0 saturated carbocycles. The van der Waals surface area contributed by atoms with Crippen molar-refractivity contribution in [3.63, 3.8) is 0 Å². The van der Waals surface area contributed by atoms with E-state index in [4.69, 9.17) is 10.00 Å². The van der Waals surface area contributed by atoms with E-state index < -0.39 is 0 Å². The van der Waals surface area contributed by atoms with Crippen LogP contribution in [-0.2, 0) is 9.59 Å². The summed E-state index contributed by atoms with van der Waals surface area (Å²) in [5.74, 6) is 0.694. The molecule has 3 aromatic rings. The van der Waals surface area contributed by atoms with Crippen LogP contribution >= 0.6 is 0 Å². The molecule has 6 nitrogen and oxygen atoms in total. The summed E-state index contributed by atoms with van der Waals surface area (Å²) in [5, 5.41) is 11.7. The molecule has 1 N–H and O–H groups in total. The van der Waals surface area contributed by atoms with Crippen LogP contribution in [0.2, 0.25) is 0 Å². The Labute approximate surface area is 181 Å². The number of anilines is 2. The lowest BCUT2D eigenvalue weighted by Crippen LogP contribution is -2.32. The highest BCUT2D eigenvalue weighted by atomic mass is 16.5. The van der Waals surface area contributed by atoms with Crippen LogP contribution < -0.4 is 15.0 Å². The molecule has 3 aromatic carbocycles. The number of nitrogens with one attached hydrogen (secondary N) is 1. The third-order valence-electron chi connectivity index (χ3n) is 4.51. The average molecular weight is 413 g/mol. The maximum absolute atomic E-state index is 12.7. The second-order valence-corrected chi connectivity index (χ2v) is 6.75. The van der Waals surface area contributed by atoms with Crippen LogP contribution in [0.1, 0.15) is 19.3 Å². The molecule has 0 aromatic heterocycles. The van der Waals surface area contributed by atoms with Gasteiger partial charge in [-0.15, -0.1) is 0 Å². The summed E-state index contributed by atoms with van der Waals surface area (Å²) in [7, 11) is 0. The number of hydrogen-bond acceptors (Lipinski definition) is 4. The Balaban J connectivity index is 1.61. The van der Waals surface area contributed by atoms with Crippen molar-refractivity contribution < 1.29 is 14.3 Å². The van der Waals surface area contributed by atoms with Gasteiger partial charge in [-0.1, -0.05) is 48.5 Å². The van der Waals surface area contributed by atoms with Crippen molar-refractivity contribution in [1.82, 2.24) is 0 Å². The summed E-state index contributed by atoms with van der Waals surface area (Å²) in [6.45, 7) is 0.286. The minimum atomic E-state index is -0.286. The van der Waals surface area contributed by atoms with E-state index in [9.17, 15) is 9.59 Å². The van der Waals surface area contributed by atoms with Gasteiger partial charge in [0.2, 0.25) is 11.8 Å². The Morgan fingerprint density at radius 1 is 0.871 bits per heavy atom. The Morgan fingerprint density at radius 3 is 2.23 bits per heavy atom. The topological polar surface area (TPSA) is 82.4 Å². The maximum Gasteiger partial charge on any atom is 0.227 e. The number of benzene rings is 3. The second-order valence-electron chi connectivity index (χ2n) is 6.75. The van der Waals surface area contributed by atoms with Crippen molar-refractivity contribution >= 4 is 23.2 Å². The fourth-order valence-corrected chi connectivity index (χ4v) is 3.01. The summed E-state index contributed by atoms with van der Waals surface area (Å²) < 4.78 is 5.86. The van der Waals surface area contributed by atoms with Gasteiger partial charge in [-0.25, -0.2) is 0 Å². The predicted molar refractivity (Wildman–Crippen MR) is 120 cm³/mol. The zero-order chi connectivity index (χ0) is 21.9. The Kier molecular flexibility index (Phi) is 7.78. The van der Waals surface area contributed by atoms with Crippen molar-refractivity contribution in [3.05, 3.63) is 84.9 Å². The molecule has 31 heavy (non-hydrogen) atoms. The van der Waals surface area contributed by atoms with Gasteiger partial charge in [0.25, 0.3) is 0 Å². The number of hydrogen-bond donors (Lipinski definition) is 1. The summed E-state index contributed by atoms with van der Waals surface area (Å²) in [5.41, 5.74) is 1.25. The van der Waals surface area contributed by atoms with Gasteiger partial charge in [-0.2, -0.15) is 5.26 Å². The molecule has 0 aliphatic carbocycles. The van der Waals surface area contributed by atoms with Crippen LogP contribution in [0.4, 0.5) is 11.4 Å². The van der Waals surface area contributed by atoms with Crippen LogP contribution in [0.25, 0.3) is 0 Å². The monoisotopic (exact) mass is 413 g/mol. The van der Waals surface area contributed by atoms with Crippen molar-refractivity contribution in [3.8, 4) is 17.6 Å². The van der Waals surface area contributed by atoms with Crippen molar-refractivity contribution in [2.24, 2.45) is 0 Å². The molecule has 0 aliphatic heterocycles. The molecule has 0 saturated heterocycles.